The Kier molecular flexibility index (Phi) is 3.98. The van der Waals surface area contributed by atoms with Crippen molar-refractivity contribution in [2.75, 3.05) is 7.11 Å². The number of aliphatic hydroxyl groups is 1. The SMILES string of the molecule is COc1csc(C(O)CCC(F)(F)F)c1. The van der Waals surface area contributed by atoms with E-state index in [4.69, 9.17) is 4.74 Å². The molecule has 0 bridgehead atoms. The van der Waals surface area contributed by atoms with E-state index in [1.54, 1.807) is 11.4 Å². The summed E-state index contributed by atoms with van der Waals surface area (Å²) < 4.78 is 40.5. The Balaban J connectivity index is 2.50. The van der Waals surface area contributed by atoms with Crippen LogP contribution in [0, 0.1) is 0 Å². The number of thiophene rings is 1. The number of aliphatic hydroxyl groups excluding tert-OH is 1. The largest absolute Gasteiger partial charge is 0.496 e. The highest BCUT2D eigenvalue weighted by atomic mass is 32.1. The van der Waals surface area contributed by atoms with Gasteiger partial charge in [0.05, 0.1) is 13.2 Å². The van der Waals surface area contributed by atoms with Crippen molar-refractivity contribution in [2.24, 2.45) is 0 Å². The van der Waals surface area contributed by atoms with Crippen molar-refractivity contribution in [3.63, 3.8) is 0 Å². The molecule has 0 aromatic carbocycles. The molecule has 1 rings (SSSR count). The minimum absolute atomic E-state index is 0.312. The van der Waals surface area contributed by atoms with Crippen molar-refractivity contribution in [1.82, 2.24) is 0 Å². The van der Waals surface area contributed by atoms with Crippen LogP contribution in [0.5, 0.6) is 5.75 Å². The second-order valence-electron chi connectivity index (χ2n) is 3.06. The third-order valence-corrected chi connectivity index (χ3v) is 2.87. The van der Waals surface area contributed by atoms with Gasteiger partial charge in [0.2, 0.25) is 0 Å². The first kappa shape index (κ1) is 12.3. The lowest BCUT2D eigenvalue weighted by atomic mass is 10.1. The fourth-order valence-corrected chi connectivity index (χ4v) is 1.93. The number of hydrogen-bond acceptors (Lipinski definition) is 3. The third kappa shape index (κ3) is 4.09. The van der Waals surface area contributed by atoms with Crippen LogP contribution >= 0.6 is 11.3 Å². The van der Waals surface area contributed by atoms with Gasteiger partial charge >= 0.3 is 6.18 Å². The Bertz CT molecular complexity index is 309. The summed E-state index contributed by atoms with van der Waals surface area (Å²) >= 11 is 1.19. The molecule has 1 aromatic rings. The molecule has 1 unspecified atom stereocenters. The Labute approximate surface area is 89.3 Å². The molecule has 0 spiro atoms. The van der Waals surface area contributed by atoms with Crippen molar-refractivity contribution in [3.05, 3.63) is 16.3 Å². The van der Waals surface area contributed by atoms with Gasteiger partial charge in [-0.05, 0) is 12.5 Å². The van der Waals surface area contributed by atoms with E-state index in [0.717, 1.165) is 0 Å². The van der Waals surface area contributed by atoms with E-state index in [1.807, 2.05) is 0 Å². The van der Waals surface area contributed by atoms with Crippen LogP contribution in [-0.4, -0.2) is 18.4 Å². The molecule has 0 saturated heterocycles. The summed E-state index contributed by atoms with van der Waals surface area (Å²) in [5.74, 6) is 0.557. The molecule has 2 nitrogen and oxygen atoms in total. The molecule has 1 N–H and O–H groups in total. The maximum Gasteiger partial charge on any atom is 0.389 e. The van der Waals surface area contributed by atoms with Crippen molar-refractivity contribution >= 4 is 11.3 Å². The zero-order valence-electron chi connectivity index (χ0n) is 8.04. The molecular weight excluding hydrogens is 229 g/mol. The molecule has 0 radical (unpaired) electrons. The van der Waals surface area contributed by atoms with Crippen LogP contribution in [0.2, 0.25) is 0 Å². The maximum absolute atomic E-state index is 11.9. The Morgan fingerprint density at radius 1 is 1.53 bits per heavy atom. The zero-order chi connectivity index (χ0) is 11.5. The van der Waals surface area contributed by atoms with E-state index >= 15 is 0 Å². The molecule has 0 aliphatic rings. The molecule has 1 atom stereocenters. The summed E-state index contributed by atoms with van der Waals surface area (Å²) in [6, 6.07) is 1.55. The van der Waals surface area contributed by atoms with Gasteiger partial charge in [-0.3, -0.25) is 0 Å². The summed E-state index contributed by atoms with van der Waals surface area (Å²) in [6.45, 7) is 0. The first-order valence-corrected chi connectivity index (χ1v) is 5.17. The standard InChI is InChI=1S/C9H11F3O2S/c1-14-6-4-8(15-5-6)7(13)2-3-9(10,11)12/h4-5,7,13H,2-3H2,1H3. The molecule has 15 heavy (non-hydrogen) atoms. The van der Waals surface area contributed by atoms with Gasteiger partial charge in [0.1, 0.15) is 5.75 Å². The first-order chi connectivity index (χ1) is 6.92. The highest BCUT2D eigenvalue weighted by Gasteiger charge is 2.28. The van der Waals surface area contributed by atoms with E-state index in [1.165, 1.54) is 18.4 Å². The zero-order valence-corrected chi connectivity index (χ0v) is 8.86. The molecule has 0 fully saturated rings. The van der Waals surface area contributed by atoms with Gasteiger partial charge < -0.3 is 9.84 Å². The van der Waals surface area contributed by atoms with Gasteiger partial charge in [0, 0.05) is 16.7 Å². The number of hydrogen-bond donors (Lipinski definition) is 1. The van der Waals surface area contributed by atoms with Crippen molar-refractivity contribution in [3.8, 4) is 5.75 Å². The molecule has 0 aliphatic carbocycles. The van der Waals surface area contributed by atoms with Gasteiger partial charge in [0.15, 0.2) is 0 Å². The van der Waals surface area contributed by atoms with E-state index in [0.29, 0.717) is 10.6 Å². The van der Waals surface area contributed by atoms with Crippen molar-refractivity contribution in [2.45, 2.75) is 25.1 Å². The highest BCUT2D eigenvalue weighted by molar-refractivity contribution is 7.10. The van der Waals surface area contributed by atoms with Crippen LogP contribution in [0.4, 0.5) is 13.2 Å². The molecule has 0 aliphatic heterocycles. The molecule has 0 amide bonds. The second kappa shape index (κ2) is 4.85. The van der Waals surface area contributed by atoms with Crippen LogP contribution in [0.25, 0.3) is 0 Å². The highest BCUT2D eigenvalue weighted by Crippen LogP contribution is 2.32. The van der Waals surface area contributed by atoms with Crippen LogP contribution in [0.15, 0.2) is 11.4 Å². The van der Waals surface area contributed by atoms with Crippen LogP contribution < -0.4 is 4.74 Å². The summed E-state index contributed by atoms with van der Waals surface area (Å²) in [7, 11) is 1.47. The van der Waals surface area contributed by atoms with E-state index in [2.05, 4.69) is 0 Å². The average Bonchev–Trinajstić information content (AvgIpc) is 2.61. The molecule has 6 heteroatoms. The van der Waals surface area contributed by atoms with Gasteiger partial charge in [-0.15, -0.1) is 11.3 Å². The van der Waals surface area contributed by atoms with Gasteiger partial charge in [-0.2, -0.15) is 13.2 Å². The van der Waals surface area contributed by atoms with Crippen molar-refractivity contribution < 1.29 is 23.0 Å². The summed E-state index contributed by atoms with van der Waals surface area (Å²) in [6.07, 6.45) is -6.58. The summed E-state index contributed by atoms with van der Waals surface area (Å²) in [4.78, 5) is 0.496. The predicted octanol–water partition coefficient (Wildman–Crippen LogP) is 3.13. The topological polar surface area (TPSA) is 29.5 Å². The lowest BCUT2D eigenvalue weighted by molar-refractivity contribution is -0.140. The fourth-order valence-electron chi connectivity index (χ4n) is 1.06. The number of ether oxygens (including phenoxy) is 1. The maximum atomic E-state index is 11.9. The van der Waals surface area contributed by atoms with E-state index < -0.39 is 18.7 Å². The second-order valence-corrected chi connectivity index (χ2v) is 4.00. The minimum Gasteiger partial charge on any atom is -0.496 e. The molecule has 1 heterocycles. The lowest BCUT2D eigenvalue weighted by Gasteiger charge is -2.10. The summed E-state index contributed by atoms with van der Waals surface area (Å²) in [5, 5.41) is 11.1. The fraction of sp³-hybridized carbons (Fsp3) is 0.556. The smallest absolute Gasteiger partial charge is 0.389 e. The monoisotopic (exact) mass is 240 g/mol. The third-order valence-electron chi connectivity index (χ3n) is 1.86. The van der Waals surface area contributed by atoms with Gasteiger partial charge in [-0.1, -0.05) is 0 Å². The Hall–Kier alpha value is -0.750. The van der Waals surface area contributed by atoms with E-state index in [-0.39, 0.29) is 6.42 Å². The molecule has 86 valence electrons. The van der Waals surface area contributed by atoms with Crippen LogP contribution in [0.3, 0.4) is 0 Å². The number of rotatable bonds is 4. The average molecular weight is 240 g/mol. The first-order valence-electron chi connectivity index (χ1n) is 4.29. The van der Waals surface area contributed by atoms with Crippen LogP contribution in [-0.2, 0) is 0 Å². The minimum atomic E-state index is -4.22. The van der Waals surface area contributed by atoms with E-state index in [9.17, 15) is 18.3 Å². The lowest BCUT2D eigenvalue weighted by Crippen LogP contribution is -2.09. The van der Waals surface area contributed by atoms with Crippen LogP contribution in [0.1, 0.15) is 23.8 Å². The summed E-state index contributed by atoms with van der Waals surface area (Å²) in [5.41, 5.74) is 0. The Morgan fingerprint density at radius 2 is 2.20 bits per heavy atom. The number of halogens is 3. The van der Waals surface area contributed by atoms with Gasteiger partial charge in [-0.25, -0.2) is 0 Å². The predicted molar refractivity (Wildman–Crippen MR) is 51.1 cm³/mol. The molecule has 1 aromatic heterocycles. The number of methoxy groups -OCH3 is 1. The normalized spacial score (nSPS) is 13.9. The number of alkyl halides is 3. The van der Waals surface area contributed by atoms with Gasteiger partial charge in [0.25, 0.3) is 0 Å². The quantitative estimate of drug-likeness (QED) is 0.876. The molecular formula is C9H11F3O2S. The van der Waals surface area contributed by atoms with Crippen molar-refractivity contribution in [1.29, 1.82) is 0 Å². The molecule has 0 saturated carbocycles. The Morgan fingerprint density at radius 3 is 2.67 bits per heavy atom.